The van der Waals surface area contributed by atoms with E-state index in [9.17, 15) is 0 Å². The van der Waals surface area contributed by atoms with Crippen LogP contribution in [0, 0.1) is 6.92 Å². The molecule has 0 aromatic rings. The molecular formula is C16H29. The van der Waals surface area contributed by atoms with Gasteiger partial charge in [-0.05, 0) is 45.4 Å². The van der Waals surface area contributed by atoms with Crippen molar-refractivity contribution in [3.05, 3.63) is 31.2 Å². The zero-order chi connectivity index (χ0) is 11.9. The Morgan fingerprint density at radius 1 is 0.688 bits per heavy atom. The monoisotopic (exact) mass is 221 g/mol. The Morgan fingerprint density at radius 2 is 1.19 bits per heavy atom. The number of rotatable bonds is 11. The number of hydrogen-bond donors (Lipinski definition) is 0. The van der Waals surface area contributed by atoms with Crippen molar-refractivity contribution in [2.45, 2.75) is 71.1 Å². The first-order valence-electron chi connectivity index (χ1n) is 6.97. The molecule has 0 saturated heterocycles. The summed E-state index contributed by atoms with van der Waals surface area (Å²) < 4.78 is 0. The van der Waals surface area contributed by atoms with Gasteiger partial charge in [-0.15, -0.1) is 0 Å². The Labute approximate surface area is 103 Å². The summed E-state index contributed by atoms with van der Waals surface area (Å²) in [4.78, 5) is 0. The van der Waals surface area contributed by atoms with Gasteiger partial charge in [0.25, 0.3) is 0 Å². The predicted octanol–water partition coefficient (Wildman–Crippen LogP) is 5.85. The maximum Gasteiger partial charge on any atom is -0.0351 e. The Bertz CT molecular complexity index is 165. The van der Waals surface area contributed by atoms with E-state index < -0.39 is 0 Å². The summed E-state index contributed by atoms with van der Waals surface area (Å²) >= 11 is 0. The minimum absolute atomic E-state index is 1.03. The Morgan fingerprint density at radius 3 is 1.75 bits per heavy atom. The van der Waals surface area contributed by atoms with Crippen LogP contribution < -0.4 is 0 Å². The Hall–Kier alpha value is -0.520. The third kappa shape index (κ3) is 13.5. The van der Waals surface area contributed by atoms with Crippen LogP contribution in [0.4, 0.5) is 0 Å². The van der Waals surface area contributed by atoms with E-state index in [-0.39, 0.29) is 0 Å². The molecule has 0 heterocycles. The van der Waals surface area contributed by atoms with Crippen LogP contribution in [-0.2, 0) is 0 Å². The molecule has 0 unspecified atom stereocenters. The van der Waals surface area contributed by atoms with Gasteiger partial charge in [0.15, 0.2) is 0 Å². The molecule has 0 heteroatoms. The molecule has 0 aromatic carbocycles. The van der Waals surface area contributed by atoms with Crippen molar-refractivity contribution in [1.82, 2.24) is 0 Å². The molecule has 1 radical (unpaired) electrons. The lowest BCUT2D eigenvalue weighted by molar-refractivity contribution is 0.600. The molecule has 0 aliphatic heterocycles. The molecular weight excluding hydrogens is 192 g/mol. The van der Waals surface area contributed by atoms with E-state index >= 15 is 0 Å². The summed E-state index contributed by atoms with van der Waals surface area (Å²) in [5.74, 6) is 0. The second-order valence-electron chi connectivity index (χ2n) is 4.38. The molecule has 0 aliphatic carbocycles. The van der Waals surface area contributed by atoms with E-state index in [2.05, 4.69) is 38.2 Å². The summed E-state index contributed by atoms with van der Waals surface area (Å²) in [6, 6.07) is 0. The number of unbranched alkanes of at least 4 members (excludes halogenated alkanes) is 8. The summed E-state index contributed by atoms with van der Waals surface area (Å²) in [5.41, 5.74) is 0. The largest absolute Gasteiger partial charge is 0.0917 e. The summed E-state index contributed by atoms with van der Waals surface area (Å²) in [6.45, 7) is 5.92. The van der Waals surface area contributed by atoms with Crippen LogP contribution in [-0.4, -0.2) is 0 Å². The minimum atomic E-state index is 1.03. The van der Waals surface area contributed by atoms with Gasteiger partial charge >= 0.3 is 0 Å². The van der Waals surface area contributed by atoms with Crippen molar-refractivity contribution in [3.8, 4) is 0 Å². The summed E-state index contributed by atoms with van der Waals surface area (Å²) in [5, 5.41) is 0. The summed E-state index contributed by atoms with van der Waals surface area (Å²) in [7, 11) is 0. The number of allylic oxidation sites excluding steroid dienone is 4. The molecule has 0 atom stereocenters. The predicted molar refractivity (Wildman–Crippen MR) is 75.5 cm³/mol. The topological polar surface area (TPSA) is 0 Å². The van der Waals surface area contributed by atoms with Crippen molar-refractivity contribution in [2.24, 2.45) is 0 Å². The third-order valence-corrected chi connectivity index (χ3v) is 2.76. The molecule has 0 fully saturated rings. The highest BCUT2D eigenvalue weighted by Gasteiger charge is 1.89. The standard InChI is InChI=1S/C16H29/c1-3-5-7-9-11-13-15-16-14-12-10-8-6-4-2/h4,6-7,9H,1,3,5,8,10-16H2,2H3. The van der Waals surface area contributed by atoms with E-state index in [1.807, 2.05) is 0 Å². The lowest BCUT2D eigenvalue weighted by atomic mass is 10.1. The highest BCUT2D eigenvalue weighted by Crippen LogP contribution is 2.09. The molecule has 0 rings (SSSR count). The fraction of sp³-hybridized carbons (Fsp3) is 0.688. The van der Waals surface area contributed by atoms with Gasteiger partial charge in [-0.25, -0.2) is 0 Å². The number of hydrogen-bond acceptors (Lipinski definition) is 0. The van der Waals surface area contributed by atoms with E-state index in [1.54, 1.807) is 0 Å². The van der Waals surface area contributed by atoms with Crippen molar-refractivity contribution < 1.29 is 0 Å². The molecule has 0 bridgehead atoms. The molecule has 16 heavy (non-hydrogen) atoms. The quantitative estimate of drug-likeness (QED) is 0.303. The van der Waals surface area contributed by atoms with Crippen molar-refractivity contribution >= 4 is 0 Å². The van der Waals surface area contributed by atoms with Gasteiger partial charge in [0.2, 0.25) is 0 Å². The van der Waals surface area contributed by atoms with Gasteiger partial charge in [0.05, 0.1) is 0 Å². The fourth-order valence-corrected chi connectivity index (χ4v) is 1.75. The molecule has 0 aromatic heterocycles. The van der Waals surface area contributed by atoms with E-state index in [1.165, 1.54) is 51.4 Å². The van der Waals surface area contributed by atoms with Crippen LogP contribution in [0.2, 0.25) is 0 Å². The zero-order valence-electron chi connectivity index (χ0n) is 11.1. The van der Waals surface area contributed by atoms with Crippen LogP contribution in [0.3, 0.4) is 0 Å². The second kappa shape index (κ2) is 14.5. The molecule has 0 N–H and O–H groups in total. The van der Waals surface area contributed by atoms with E-state index in [4.69, 9.17) is 0 Å². The van der Waals surface area contributed by atoms with Gasteiger partial charge in [-0.3, -0.25) is 0 Å². The lowest BCUT2D eigenvalue weighted by Crippen LogP contribution is -1.79. The lowest BCUT2D eigenvalue weighted by Gasteiger charge is -1.99. The van der Waals surface area contributed by atoms with Crippen LogP contribution in [0.25, 0.3) is 0 Å². The minimum Gasteiger partial charge on any atom is -0.0917 e. The van der Waals surface area contributed by atoms with Crippen molar-refractivity contribution in [2.75, 3.05) is 0 Å². The van der Waals surface area contributed by atoms with Gasteiger partial charge in [0.1, 0.15) is 0 Å². The first-order valence-corrected chi connectivity index (χ1v) is 6.97. The van der Waals surface area contributed by atoms with E-state index in [0.29, 0.717) is 0 Å². The van der Waals surface area contributed by atoms with Crippen LogP contribution in [0.15, 0.2) is 24.3 Å². The van der Waals surface area contributed by atoms with Crippen LogP contribution >= 0.6 is 0 Å². The van der Waals surface area contributed by atoms with E-state index in [0.717, 1.165) is 12.8 Å². The van der Waals surface area contributed by atoms with Crippen LogP contribution in [0.1, 0.15) is 71.1 Å². The Balaban J connectivity index is 2.98. The van der Waals surface area contributed by atoms with Gasteiger partial charge in [-0.2, -0.15) is 0 Å². The van der Waals surface area contributed by atoms with Gasteiger partial charge in [-0.1, -0.05) is 56.9 Å². The molecule has 0 aliphatic rings. The molecule has 0 nitrogen and oxygen atoms in total. The average molecular weight is 221 g/mol. The SMILES string of the molecule is [CH2]CCC=CCCCCCCCCC=CC. The highest BCUT2D eigenvalue weighted by molar-refractivity contribution is 4.81. The first-order chi connectivity index (χ1) is 7.91. The van der Waals surface area contributed by atoms with Crippen molar-refractivity contribution in [3.63, 3.8) is 0 Å². The van der Waals surface area contributed by atoms with Crippen LogP contribution in [0.5, 0.6) is 0 Å². The molecule has 0 amide bonds. The summed E-state index contributed by atoms with van der Waals surface area (Å²) in [6.07, 6.45) is 22.1. The average Bonchev–Trinajstić information content (AvgIpc) is 2.31. The molecule has 93 valence electrons. The maximum absolute atomic E-state index is 3.82. The Kier molecular flexibility index (Phi) is 14.0. The first kappa shape index (κ1) is 15.5. The smallest absolute Gasteiger partial charge is 0.0351 e. The fourth-order valence-electron chi connectivity index (χ4n) is 1.75. The molecule has 0 spiro atoms. The highest BCUT2D eigenvalue weighted by atomic mass is 14.0. The maximum atomic E-state index is 3.82. The third-order valence-electron chi connectivity index (χ3n) is 2.76. The van der Waals surface area contributed by atoms with Crippen molar-refractivity contribution in [1.29, 1.82) is 0 Å². The van der Waals surface area contributed by atoms with Gasteiger partial charge < -0.3 is 0 Å². The normalized spacial score (nSPS) is 11.9. The zero-order valence-corrected chi connectivity index (χ0v) is 11.1. The second-order valence-corrected chi connectivity index (χ2v) is 4.38. The van der Waals surface area contributed by atoms with Gasteiger partial charge in [0, 0.05) is 0 Å². The molecule has 0 saturated carbocycles.